The van der Waals surface area contributed by atoms with Crippen molar-refractivity contribution in [3.05, 3.63) is 35.4 Å². The molecule has 0 amide bonds. The highest BCUT2D eigenvalue weighted by molar-refractivity contribution is 5.67. The van der Waals surface area contributed by atoms with Crippen LogP contribution in [-0.2, 0) is 25.2 Å². The minimum absolute atomic E-state index is 0.250. The minimum atomic E-state index is -4.44. The van der Waals surface area contributed by atoms with Gasteiger partial charge in [-0.2, -0.15) is 13.2 Å². The van der Waals surface area contributed by atoms with Crippen molar-refractivity contribution in [1.29, 1.82) is 0 Å². The molecule has 0 unspecified atom stereocenters. The highest BCUT2D eigenvalue weighted by atomic mass is 19.4. The zero-order chi connectivity index (χ0) is 15.3. The maximum atomic E-state index is 12.4. The Morgan fingerprint density at radius 3 is 2.05 bits per heavy atom. The lowest BCUT2D eigenvalue weighted by atomic mass is 10.1. The number of esters is 2. The Morgan fingerprint density at radius 2 is 1.65 bits per heavy atom. The summed E-state index contributed by atoms with van der Waals surface area (Å²) in [7, 11) is 0. The highest BCUT2D eigenvalue weighted by Crippen LogP contribution is 2.30. The second-order valence-electron chi connectivity index (χ2n) is 4.02. The standard InChI is InChI=1S/C13H13F3O4/c1-8(17)19-7-12(20-9(2)18)10-3-5-11(6-4-10)13(14,15)16/h3-6,12H,7H2,1-2H3/t12-/m1/s1. The van der Waals surface area contributed by atoms with Gasteiger partial charge in [0.1, 0.15) is 6.61 Å². The topological polar surface area (TPSA) is 52.6 Å². The van der Waals surface area contributed by atoms with Crippen LogP contribution in [0, 0.1) is 0 Å². The summed E-state index contributed by atoms with van der Waals surface area (Å²) in [4.78, 5) is 21.7. The van der Waals surface area contributed by atoms with Crippen LogP contribution in [0.4, 0.5) is 13.2 Å². The fourth-order valence-electron chi connectivity index (χ4n) is 1.48. The second kappa shape index (κ2) is 6.40. The Kier molecular flexibility index (Phi) is 5.12. The first-order chi connectivity index (χ1) is 9.20. The van der Waals surface area contributed by atoms with Gasteiger partial charge in [-0.15, -0.1) is 0 Å². The molecule has 0 bridgehead atoms. The van der Waals surface area contributed by atoms with Crippen molar-refractivity contribution < 1.29 is 32.2 Å². The zero-order valence-corrected chi connectivity index (χ0v) is 10.9. The third-order valence-corrected chi connectivity index (χ3v) is 2.36. The molecule has 110 valence electrons. The number of ether oxygens (including phenoxy) is 2. The van der Waals surface area contributed by atoms with Gasteiger partial charge in [0.25, 0.3) is 0 Å². The number of hydrogen-bond donors (Lipinski definition) is 0. The van der Waals surface area contributed by atoms with E-state index < -0.39 is 29.8 Å². The molecular weight excluding hydrogens is 277 g/mol. The third-order valence-electron chi connectivity index (χ3n) is 2.36. The van der Waals surface area contributed by atoms with Gasteiger partial charge in [-0.25, -0.2) is 0 Å². The molecule has 1 aromatic carbocycles. The molecule has 0 aromatic heterocycles. The first kappa shape index (κ1) is 16.0. The number of halogens is 3. The molecule has 20 heavy (non-hydrogen) atoms. The smallest absolute Gasteiger partial charge is 0.416 e. The van der Waals surface area contributed by atoms with E-state index in [0.717, 1.165) is 19.1 Å². The summed E-state index contributed by atoms with van der Waals surface area (Å²) in [6.45, 7) is 2.09. The zero-order valence-electron chi connectivity index (χ0n) is 10.9. The SMILES string of the molecule is CC(=O)OC[C@@H](OC(C)=O)c1ccc(C(F)(F)F)cc1. The summed E-state index contributed by atoms with van der Waals surface area (Å²) < 4.78 is 46.9. The molecule has 0 saturated heterocycles. The van der Waals surface area contributed by atoms with Crippen LogP contribution in [0.1, 0.15) is 31.1 Å². The predicted octanol–water partition coefficient (Wildman–Crippen LogP) is 2.87. The van der Waals surface area contributed by atoms with Crippen LogP contribution < -0.4 is 0 Å². The largest absolute Gasteiger partial charge is 0.462 e. The molecule has 0 N–H and O–H groups in total. The van der Waals surface area contributed by atoms with E-state index in [1.807, 2.05) is 0 Å². The molecule has 0 aliphatic rings. The van der Waals surface area contributed by atoms with Crippen LogP contribution >= 0.6 is 0 Å². The summed E-state index contributed by atoms with van der Waals surface area (Å²) >= 11 is 0. The average molecular weight is 290 g/mol. The van der Waals surface area contributed by atoms with Crippen LogP contribution in [0.15, 0.2) is 24.3 Å². The van der Waals surface area contributed by atoms with E-state index in [1.54, 1.807) is 0 Å². The fraction of sp³-hybridized carbons (Fsp3) is 0.385. The monoisotopic (exact) mass is 290 g/mol. The highest BCUT2D eigenvalue weighted by Gasteiger charge is 2.30. The lowest BCUT2D eigenvalue weighted by molar-refractivity contribution is -0.156. The number of carbonyl (C=O) groups is 2. The van der Waals surface area contributed by atoms with E-state index in [0.29, 0.717) is 5.56 Å². The molecule has 1 rings (SSSR count). The Hall–Kier alpha value is -2.05. The molecule has 0 aliphatic carbocycles. The number of hydrogen-bond acceptors (Lipinski definition) is 4. The molecule has 0 aliphatic heterocycles. The lowest BCUT2D eigenvalue weighted by Crippen LogP contribution is -2.16. The Balaban J connectivity index is 2.90. The summed E-state index contributed by atoms with van der Waals surface area (Å²) in [5, 5.41) is 0. The number of alkyl halides is 3. The fourth-order valence-corrected chi connectivity index (χ4v) is 1.48. The van der Waals surface area contributed by atoms with Crippen LogP contribution in [0.2, 0.25) is 0 Å². The first-order valence-corrected chi connectivity index (χ1v) is 5.68. The molecule has 1 aromatic rings. The van der Waals surface area contributed by atoms with Crippen LogP contribution in [0.25, 0.3) is 0 Å². The predicted molar refractivity (Wildman–Crippen MR) is 62.6 cm³/mol. The van der Waals surface area contributed by atoms with Gasteiger partial charge in [-0.05, 0) is 17.7 Å². The van der Waals surface area contributed by atoms with Gasteiger partial charge in [-0.3, -0.25) is 9.59 Å². The van der Waals surface area contributed by atoms with Crippen molar-refractivity contribution >= 4 is 11.9 Å². The maximum absolute atomic E-state index is 12.4. The molecule has 4 nitrogen and oxygen atoms in total. The Morgan fingerprint density at radius 1 is 1.10 bits per heavy atom. The van der Waals surface area contributed by atoms with E-state index >= 15 is 0 Å². The van der Waals surface area contributed by atoms with Crippen molar-refractivity contribution in [2.75, 3.05) is 6.61 Å². The van der Waals surface area contributed by atoms with Crippen molar-refractivity contribution in [2.24, 2.45) is 0 Å². The lowest BCUT2D eigenvalue weighted by Gasteiger charge is -2.17. The van der Waals surface area contributed by atoms with Crippen LogP contribution in [-0.4, -0.2) is 18.5 Å². The Labute approximate surface area is 113 Å². The number of rotatable bonds is 4. The molecule has 7 heteroatoms. The van der Waals surface area contributed by atoms with Crippen LogP contribution in [0.3, 0.4) is 0 Å². The molecular formula is C13H13F3O4. The molecule has 0 radical (unpaired) electrons. The van der Waals surface area contributed by atoms with E-state index in [4.69, 9.17) is 9.47 Å². The molecule has 1 atom stereocenters. The molecule has 0 fully saturated rings. The quantitative estimate of drug-likeness (QED) is 0.800. The van der Waals surface area contributed by atoms with E-state index in [2.05, 4.69) is 0 Å². The minimum Gasteiger partial charge on any atom is -0.462 e. The van der Waals surface area contributed by atoms with Crippen molar-refractivity contribution in [2.45, 2.75) is 26.1 Å². The third kappa shape index (κ3) is 4.91. The molecule has 0 spiro atoms. The van der Waals surface area contributed by atoms with Gasteiger partial charge < -0.3 is 9.47 Å². The second-order valence-corrected chi connectivity index (χ2v) is 4.02. The average Bonchev–Trinajstić information content (AvgIpc) is 2.33. The number of carbonyl (C=O) groups excluding carboxylic acids is 2. The van der Waals surface area contributed by atoms with E-state index in [9.17, 15) is 22.8 Å². The van der Waals surface area contributed by atoms with Gasteiger partial charge in [0.05, 0.1) is 5.56 Å². The van der Waals surface area contributed by atoms with Gasteiger partial charge >= 0.3 is 18.1 Å². The Bertz CT molecular complexity index is 479. The summed E-state index contributed by atoms with van der Waals surface area (Å²) in [6, 6.07) is 4.11. The van der Waals surface area contributed by atoms with E-state index in [-0.39, 0.29) is 6.61 Å². The first-order valence-electron chi connectivity index (χ1n) is 5.68. The molecule has 0 heterocycles. The summed E-state index contributed by atoms with van der Waals surface area (Å²) in [5.74, 6) is -1.20. The van der Waals surface area contributed by atoms with Crippen molar-refractivity contribution in [3.63, 3.8) is 0 Å². The number of benzene rings is 1. The summed E-state index contributed by atoms with van der Waals surface area (Å²) in [5.41, 5.74) is -0.496. The van der Waals surface area contributed by atoms with Gasteiger partial charge in [-0.1, -0.05) is 12.1 Å². The maximum Gasteiger partial charge on any atom is 0.416 e. The van der Waals surface area contributed by atoms with E-state index in [1.165, 1.54) is 19.1 Å². The van der Waals surface area contributed by atoms with Crippen LogP contribution in [0.5, 0.6) is 0 Å². The normalized spacial score (nSPS) is 12.7. The van der Waals surface area contributed by atoms with Gasteiger partial charge in [0.15, 0.2) is 6.10 Å². The van der Waals surface area contributed by atoms with Crippen molar-refractivity contribution in [1.82, 2.24) is 0 Å². The van der Waals surface area contributed by atoms with Gasteiger partial charge in [0.2, 0.25) is 0 Å². The van der Waals surface area contributed by atoms with Gasteiger partial charge in [0, 0.05) is 13.8 Å². The van der Waals surface area contributed by atoms with Crippen molar-refractivity contribution in [3.8, 4) is 0 Å². The molecule has 0 saturated carbocycles. The summed E-state index contributed by atoms with van der Waals surface area (Å²) in [6.07, 6.45) is -5.37.